The van der Waals surface area contributed by atoms with Gasteiger partial charge in [0.05, 0.1) is 6.61 Å². The molecule has 3 heteroatoms. The molecule has 0 amide bonds. The molecule has 1 aromatic heterocycles. The highest BCUT2D eigenvalue weighted by atomic mass is 16.5. The average Bonchev–Trinajstić information content (AvgIpc) is 3.15. The first-order valence-electron chi connectivity index (χ1n) is 7.64. The third-order valence-corrected chi connectivity index (χ3v) is 4.64. The molecule has 2 unspecified atom stereocenters. The van der Waals surface area contributed by atoms with Crippen molar-refractivity contribution in [1.82, 2.24) is 4.57 Å². The second-order valence-corrected chi connectivity index (χ2v) is 5.93. The van der Waals surface area contributed by atoms with E-state index >= 15 is 0 Å². The molecule has 2 atom stereocenters. The Kier molecular flexibility index (Phi) is 3.17. The van der Waals surface area contributed by atoms with Gasteiger partial charge < -0.3 is 15.0 Å². The quantitative estimate of drug-likeness (QED) is 0.800. The maximum atomic E-state index is 6.45. The van der Waals surface area contributed by atoms with Gasteiger partial charge in [-0.15, -0.1) is 0 Å². The molecule has 21 heavy (non-hydrogen) atoms. The normalized spacial score (nSPS) is 20.3. The lowest BCUT2D eigenvalue weighted by atomic mass is 10.00. The summed E-state index contributed by atoms with van der Waals surface area (Å²) in [7, 11) is 0. The number of hydrogen-bond acceptors (Lipinski definition) is 2. The lowest BCUT2D eigenvalue weighted by molar-refractivity contribution is 0.179. The van der Waals surface area contributed by atoms with Gasteiger partial charge in [0.1, 0.15) is 0 Å². The Bertz CT molecular complexity index is 718. The molecular weight excluding hydrogens is 260 g/mol. The van der Waals surface area contributed by atoms with Crippen LogP contribution in [0.25, 0.3) is 21.8 Å². The molecule has 2 heterocycles. The largest absolute Gasteiger partial charge is 0.381 e. The van der Waals surface area contributed by atoms with Gasteiger partial charge in [0.15, 0.2) is 0 Å². The second-order valence-electron chi connectivity index (χ2n) is 5.93. The minimum Gasteiger partial charge on any atom is -0.381 e. The van der Waals surface area contributed by atoms with Gasteiger partial charge in [0, 0.05) is 46.9 Å². The number of hydrogen-bond donors (Lipinski definition) is 1. The van der Waals surface area contributed by atoms with Crippen LogP contribution in [0.3, 0.4) is 0 Å². The van der Waals surface area contributed by atoms with E-state index < -0.39 is 0 Å². The van der Waals surface area contributed by atoms with Crippen LogP contribution in [0.2, 0.25) is 0 Å². The van der Waals surface area contributed by atoms with E-state index in [-0.39, 0.29) is 6.04 Å². The maximum Gasteiger partial charge on any atom is 0.0510 e. The summed E-state index contributed by atoms with van der Waals surface area (Å²) >= 11 is 0. The van der Waals surface area contributed by atoms with E-state index in [9.17, 15) is 0 Å². The molecule has 0 bridgehead atoms. The molecule has 4 rings (SSSR count). The summed E-state index contributed by atoms with van der Waals surface area (Å²) in [6.45, 7) is 2.51. The number of para-hydroxylation sites is 2. The predicted octanol–water partition coefficient (Wildman–Crippen LogP) is 3.16. The Hall–Kier alpha value is -1.84. The zero-order valence-corrected chi connectivity index (χ0v) is 12.0. The molecule has 1 aliphatic rings. The van der Waals surface area contributed by atoms with E-state index in [2.05, 4.69) is 53.1 Å². The number of fused-ring (bicyclic) bond motifs is 3. The van der Waals surface area contributed by atoms with Crippen molar-refractivity contribution in [3.05, 3.63) is 48.5 Å². The van der Waals surface area contributed by atoms with Gasteiger partial charge in [-0.3, -0.25) is 0 Å². The third kappa shape index (κ3) is 2.13. The van der Waals surface area contributed by atoms with Crippen molar-refractivity contribution < 1.29 is 4.74 Å². The minimum absolute atomic E-state index is 0.145. The zero-order chi connectivity index (χ0) is 14.2. The molecule has 1 fully saturated rings. The summed E-state index contributed by atoms with van der Waals surface area (Å²) in [6.07, 6.45) is 1.08. The fourth-order valence-corrected chi connectivity index (χ4v) is 3.45. The van der Waals surface area contributed by atoms with E-state index in [1.165, 1.54) is 21.8 Å². The van der Waals surface area contributed by atoms with E-state index in [1.807, 2.05) is 0 Å². The monoisotopic (exact) mass is 280 g/mol. The van der Waals surface area contributed by atoms with Crippen molar-refractivity contribution in [2.45, 2.75) is 19.0 Å². The Morgan fingerprint density at radius 2 is 1.67 bits per heavy atom. The van der Waals surface area contributed by atoms with Crippen molar-refractivity contribution in [1.29, 1.82) is 0 Å². The summed E-state index contributed by atoms with van der Waals surface area (Å²) < 4.78 is 7.85. The van der Waals surface area contributed by atoms with Crippen LogP contribution < -0.4 is 5.73 Å². The van der Waals surface area contributed by atoms with Crippen LogP contribution in [-0.4, -0.2) is 23.8 Å². The molecule has 3 aromatic rings. The maximum absolute atomic E-state index is 6.45. The van der Waals surface area contributed by atoms with Crippen molar-refractivity contribution in [2.75, 3.05) is 13.2 Å². The second kappa shape index (κ2) is 5.17. The zero-order valence-electron chi connectivity index (χ0n) is 12.0. The minimum atomic E-state index is 0.145. The van der Waals surface area contributed by atoms with Crippen LogP contribution in [0.1, 0.15) is 6.42 Å². The van der Waals surface area contributed by atoms with Gasteiger partial charge in [-0.25, -0.2) is 0 Å². The van der Waals surface area contributed by atoms with Crippen LogP contribution in [-0.2, 0) is 11.3 Å². The number of rotatable bonds is 3. The van der Waals surface area contributed by atoms with Crippen LogP contribution in [0.15, 0.2) is 48.5 Å². The molecule has 0 radical (unpaired) electrons. The highest BCUT2D eigenvalue weighted by Gasteiger charge is 2.24. The van der Waals surface area contributed by atoms with Gasteiger partial charge >= 0.3 is 0 Å². The lowest BCUT2D eigenvalue weighted by Gasteiger charge is -2.19. The summed E-state index contributed by atoms with van der Waals surface area (Å²) in [5.41, 5.74) is 8.99. The van der Waals surface area contributed by atoms with Crippen LogP contribution in [0, 0.1) is 5.92 Å². The Balaban J connectivity index is 1.81. The molecule has 2 aromatic carbocycles. The smallest absolute Gasteiger partial charge is 0.0510 e. The standard InChI is InChI=1S/C18H20N2O/c19-16(13-9-10-21-12-13)11-20-17-7-3-1-5-14(17)15-6-2-4-8-18(15)20/h1-8,13,16H,9-12,19H2. The highest BCUT2D eigenvalue weighted by molar-refractivity contribution is 6.07. The lowest BCUT2D eigenvalue weighted by Crippen LogP contribution is -2.34. The number of nitrogens with zero attached hydrogens (tertiary/aromatic N) is 1. The van der Waals surface area contributed by atoms with Gasteiger partial charge in [0.2, 0.25) is 0 Å². The molecule has 3 nitrogen and oxygen atoms in total. The first-order valence-corrected chi connectivity index (χ1v) is 7.64. The topological polar surface area (TPSA) is 40.2 Å². The number of nitrogens with two attached hydrogens (primary N) is 1. The van der Waals surface area contributed by atoms with Gasteiger partial charge in [-0.05, 0) is 18.6 Å². The molecule has 1 saturated heterocycles. The molecule has 2 N–H and O–H groups in total. The summed E-state index contributed by atoms with van der Waals surface area (Å²) in [5, 5.41) is 2.62. The summed E-state index contributed by atoms with van der Waals surface area (Å²) in [4.78, 5) is 0. The predicted molar refractivity (Wildman–Crippen MR) is 86.3 cm³/mol. The molecule has 0 saturated carbocycles. The highest BCUT2D eigenvalue weighted by Crippen LogP contribution is 2.29. The van der Waals surface area contributed by atoms with Crippen molar-refractivity contribution in [3.63, 3.8) is 0 Å². The first-order chi connectivity index (χ1) is 10.3. The number of aromatic nitrogens is 1. The van der Waals surface area contributed by atoms with Gasteiger partial charge in [0.25, 0.3) is 0 Å². The van der Waals surface area contributed by atoms with E-state index in [0.717, 1.165) is 26.2 Å². The fraction of sp³-hybridized carbons (Fsp3) is 0.333. The molecular formula is C18H20N2O. The average molecular weight is 280 g/mol. The van der Waals surface area contributed by atoms with E-state index in [0.29, 0.717) is 5.92 Å². The van der Waals surface area contributed by atoms with Crippen LogP contribution in [0.5, 0.6) is 0 Å². The Morgan fingerprint density at radius 1 is 1.05 bits per heavy atom. The third-order valence-electron chi connectivity index (χ3n) is 4.64. The van der Waals surface area contributed by atoms with Crippen molar-refractivity contribution in [2.24, 2.45) is 11.7 Å². The number of benzene rings is 2. The molecule has 0 aliphatic carbocycles. The molecule has 108 valence electrons. The van der Waals surface area contributed by atoms with Crippen LogP contribution >= 0.6 is 0 Å². The summed E-state index contributed by atoms with van der Waals surface area (Å²) in [6, 6.07) is 17.3. The van der Waals surface area contributed by atoms with Gasteiger partial charge in [-0.2, -0.15) is 0 Å². The summed E-state index contributed by atoms with van der Waals surface area (Å²) in [5.74, 6) is 0.477. The van der Waals surface area contributed by atoms with Crippen molar-refractivity contribution in [3.8, 4) is 0 Å². The first kappa shape index (κ1) is 12.9. The SMILES string of the molecule is NC(Cn1c2ccccc2c2ccccc21)C1CCOC1. The Morgan fingerprint density at radius 3 is 2.24 bits per heavy atom. The van der Waals surface area contributed by atoms with Crippen LogP contribution in [0.4, 0.5) is 0 Å². The number of ether oxygens (including phenoxy) is 1. The van der Waals surface area contributed by atoms with Crippen molar-refractivity contribution >= 4 is 21.8 Å². The van der Waals surface area contributed by atoms with Gasteiger partial charge in [-0.1, -0.05) is 36.4 Å². The molecule has 0 spiro atoms. The van der Waals surface area contributed by atoms with E-state index in [1.54, 1.807) is 0 Å². The Labute approximate surface area is 124 Å². The van der Waals surface area contributed by atoms with E-state index in [4.69, 9.17) is 10.5 Å². The fourth-order valence-electron chi connectivity index (χ4n) is 3.45. The molecule has 1 aliphatic heterocycles.